The van der Waals surface area contributed by atoms with E-state index in [2.05, 4.69) is 5.48 Å². The van der Waals surface area contributed by atoms with E-state index in [-0.39, 0.29) is 19.0 Å². The molecule has 1 amide bonds. The second-order valence-electron chi connectivity index (χ2n) is 4.67. The second-order valence-corrected chi connectivity index (χ2v) is 4.67. The molecule has 5 nitrogen and oxygen atoms in total. The first kappa shape index (κ1) is 15.7. The Labute approximate surface area is 128 Å². The van der Waals surface area contributed by atoms with Crippen LogP contribution in [0.25, 0.3) is 0 Å². The lowest BCUT2D eigenvalue weighted by atomic mass is 10.1. The number of amides is 1. The molecule has 0 aliphatic carbocycles. The molecular formula is C17H17NO4. The standard InChI is InChI=1S/C17H17NO4/c1-13(19)15-8-5-9-16(10-15)21-12-17(20)18-22-11-14-6-3-2-4-7-14/h2-10H,11-12H2,1H3,(H,18,20). The van der Waals surface area contributed by atoms with Gasteiger partial charge < -0.3 is 4.74 Å². The van der Waals surface area contributed by atoms with E-state index in [9.17, 15) is 9.59 Å². The van der Waals surface area contributed by atoms with Gasteiger partial charge in [0.05, 0.1) is 6.61 Å². The molecule has 114 valence electrons. The van der Waals surface area contributed by atoms with Gasteiger partial charge in [-0.15, -0.1) is 0 Å². The van der Waals surface area contributed by atoms with Crippen molar-refractivity contribution in [2.45, 2.75) is 13.5 Å². The topological polar surface area (TPSA) is 64.6 Å². The fourth-order valence-electron chi connectivity index (χ4n) is 1.76. The lowest BCUT2D eigenvalue weighted by Crippen LogP contribution is -2.28. The molecule has 5 heteroatoms. The molecule has 0 aliphatic rings. The number of carbonyl (C=O) groups excluding carboxylic acids is 2. The van der Waals surface area contributed by atoms with Gasteiger partial charge in [-0.1, -0.05) is 42.5 Å². The SMILES string of the molecule is CC(=O)c1cccc(OCC(=O)NOCc2ccccc2)c1. The van der Waals surface area contributed by atoms with Gasteiger partial charge in [0.1, 0.15) is 5.75 Å². The summed E-state index contributed by atoms with van der Waals surface area (Å²) >= 11 is 0. The van der Waals surface area contributed by atoms with E-state index >= 15 is 0 Å². The number of carbonyl (C=O) groups is 2. The van der Waals surface area contributed by atoms with Crippen LogP contribution in [0.4, 0.5) is 0 Å². The summed E-state index contributed by atoms with van der Waals surface area (Å²) in [6.45, 7) is 1.58. The largest absolute Gasteiger partial charge is 0.484 e. The Morgan fingerprint density at radius 1 is 1.05 bits per heavy atom. The highest BCUT2D eigenvalue weighted by atomic mass is 16.7. The Balaban J connectivity index is 1.73. The number of nitrogens with one attached hydrogen (secondary N) is 1. The summed E-state index contributed by atoms with van der Waals surface area (Å²) in [5.41, 5.74) is 3.80. The van der Waals surface area contributed by atoms with Crippen LogP contribution in [0.2, 0.25) is 0 Å². The van der Waals surface area contributed by atoms with Crippen molar-refractivity contribution in [1.82, 2.24) is 5.48 Å². The Hall–Kier alpha value is -2.66. The fraction of sp³-hybridized carbons (Fsp3) is 0.176. The van der Waals surface area contributed by atoms with E-state index in [0.717, 1.165) is 5.56 Å². The minimum absolute atomic E-state index is 0.0545. The van der Waals surface area contributed by atoms with Crippen molar-refractivity contribution in [3.05, 3.63) is 65.7 Å². The van der Waals surface area contributed by atoms with Gasteiger partial charge in [0, 0.05) is 5.56 Å². The van der Waals surface area contributed by atoms with Crippen LogP contribution in [0.3, 0.4) is 0 Å². The lowest BCUT2D eigenvalue weighted by Gasteiger charge is -2.08. The summed E-state index contributed by atoms with van der Waals surface area (Å²) < 4.78 is 5.32. The average molecular weight is 299 g/mol. The first-order valence-electron chi connectivity index (χ1n) is 6.83. The van der Waals surface area contributed by atoms with Crippen LogP contribution in [0.1, 0.15) is 22.8 Å². The summed E-state index contributed by atoms with van der Waals surface area (Å²) in [4.78, 5) is 28.0. The molecule has 0 atom stereocenters. The van der Waals surface area contributed by atoms with Gasteiger partial charge in [0.25, 0.3) is 5.91 Å². The van der Waals surface area contributed by atoms with Gasteiger partial charge in [-0.3, -0.25) is 14.4 Å². The molecule has 0 bridgehead atoms. The maximum atomic E-state index is 11.6. The number of hydroxylamine groups is 1. The summed E-state index contributed by atoms with van der Waals surface area (Å²) in [7, 11) is 0. The average Bonchev–Trinajstić information content (AvgIpc) is 2.54. The van der Waals surface area contributed by atoms with Crippen LogP contribution in [0, 0.1) is 0 Å². The molecule has 0 aliphatic heterocycles. The van der Waals surface area contributed by atoms with Crippen LogP contribution in [0.15, 0.2) is 54.6 Å². The van der Waals surface area contributed by atoms with Gasteiger partial charge in [-0.05, 0) is 24.6 Å². The molecule has 22 heavy (non-hydrogen) atoms. The predicted octanol–water partition coefficient (Wildman–Crippen LogP) is 2.52. The fourth-order valence-corrected chi connectivity index (χ4v) is 1.76. The van der Waals surface area contributed by atoms with Crippen LogP contribution in [-0.2, 0) is 16.2 Å². The highest BCUT2D eigenvalue weighted by molar-refractivity contribution is 5.94. The maximum Gasteiger partial charge on any atom is 0.281 e. The number of ether oxygens (including phenoxy) is 1. The zero-order chi connectivity index (χ0) is 15.8. The summed E-state index contributed by atoms with van der Waals surface area (Å²) in [6, 6.07) is 16.2. The molecule has 0 fully saturated rings. The maximum absolute atomic E-state index is 11.6. The minimum Gasteiger partial charge on any atom is -0.484 e. The summed E-state index contributed by atoms with van der Waals surface area (Å²) in [5, 5.41) is 0. The first-order valence-corrected chi connectivity index (χ1v) is 6.83. The molecular weight excluding hydrogens is 282 g/mol. The van der Waals surface area contributed by atoms with E-state index in [4.69, 9.17) is 9.57 Å². The van der Waals surface area contributed by atoms with Gasteiger partial charge in [0.2, 0.25) is 0 Å². The number of Topliss-reactive ketones (excluding diaryl/α,β-unsaturated/α-hetero) is 1. The third-order valence-corrected chi connectivity index (χ3v) is 2.88. The van der Waals surface area contributed by atoms with E-state index in [1.807, 2.05) is 30.3 Å². The van der Waals surface area contributed by atoms with Crippen molar-refractivity contribution in [2.75, 3.05) is 6.61 Å². The van der Waals surface area contributed by atoms with Crippen molar-refractivity contribution in [3.63, 3.8) is 0 Å². The van der Waals surface area contributed by atoms with E-state index in [0.29, 0.717) is 11.3 Å². The van der Waals surface area contributed by atoms with Crippen LogP contribution >= 0.6 is 0 Å². The summed E-state index contributed by atoms with van der Waals surface area (Å²) in [6.07, 6.45) is 0. The molecule has 0 radical (unpaired) electrons. The Bertz CT molecular complexity index is 640. The molecule has 2 rings (SSSR count). The summed E-state index contributed by atoms with van der Waals surface area (Å²) in [5.74, 6) is 0.0103. The number of hydrogen-bond acceptors (Lipinski definition) is 4. The number of benzene rings is 2. The Morgan fingerprint density at radius 3 is 2.55 bits per heavy atom. The van der Waals surface area contributed by atoms with E-state index in [1.54, 1.807) is 24.3 Å². The number of ketones is 1. The third-order valence-electron chi connectivity index (χ3n) is 2.88. The lowest BCUT2D eigenvalue weighted by molar-refractivity contribution is -0.136. The van der Waals surface area contributed by atoms with Gasteiger partial charge in [-0.2, -0.15) is 0 Å². The van der Waals surface area contributed by atoms with Crippen LogP contribution in [0.5, 0.6) is 5.75 Å². The molecule has 2 aromatic carbocycles. The van der Waals surface area contributed by atoms with Crippen molar-refractivity contribution in [2.24, 2.45) is 0 Å². The highest BCUT2D eigenvalue weighted by Crippen LogP contribution is 2.13. The van der Waals surface area contributed by atoms with Crippen molar-refractivity contribution in [3.8, 4) is 5.75 Å². The number of hydrogen-bond donors (Lipinski definition) is 1. The van der Waals surface area contributed by atoms with Crippen molar-refractivity contribution in [1.29, 1.82) is 0 Å². The zero-order valence-corrected chi connectivity index (χ0v) is 12.2. The molecule has 0 unspecified atom stereocenters. The molecule has 2 aromatic rings. The molecule has 0 aromatic heterocycles. The highest BCUT2D eigenvalue weighted by Gasteiger charge is 2.05. The Kier molecular flexibility index (Phi) is 5.68. The smallest absolute Gasteiger partial charge is 0.281 e. The predicted molar refractivity (Wildman–Crippen MR) is 81.3 cm³/mol. The molecule has 0 saturated heterocycles. The zero-order valence-electron chi connectivity index (χ0n) is 12.2. The molecule has 0 saturated carbocycles. The normalized spacial score (nSPS) is 10.0. The van der Waals surface area contributed by atoms with E-state index in [1.165, 1.54) is 6.92 Å². The van der Waals surface area contributed by atoms with Crippen LogP contribution < -0.4 is 10.2 Å². The Morgan fingerprint density at radius 2 is 1.82 bits per heavy atom. The quantitative estimate of drug-likeness (QED) is 0.630. The number of rotatable bonds is 7. The second kappa shape index (κ2) is 7.95. The monoisotopic (exact) mass is 299 g/mol. The van der Waals surface area contributed by atoms with Gasteiger partial charge in [0.15, 0.2) is 12.4 Å². The first-order chi connectivity index (χ1) is 10.6. The van der Waals surface area contributed by atoms with Crippen LogP contribution in [-0.4, -0.2) is 18.3 Å². The third kappa shape index (κ3) is 5.03. The van der Waals surface area contributed by atoms with E-state index < -0.39 is 5.91 Å². The van der Waals surface area contributed by atoms with Gasteiger partial charge in [-0.25, -0.2) is 5.48 Å². The van der Waals surface area contributed by atoms with Crippen molar-refractivity contribution < 1.29 is 19.2 Å². The van der Waals surface area contributed by atoms with Crippen molar-refractivity contribution >= 4 is 11.7 Å². The van der Waals surface area contributed by atoms with Gasteiger partial charge >= 0.3 is 0 Å². The minimum atomic E-state index is -0.399. The molecule has 0 heterocycles. The molecule has 1 N–H and O–H groups in total. The molecule has 0 spiro atoms.